The Bertz CT molecular complexity index is 712. The lowest BCUT2D eigenvalue weighted by molar-refractivity contribution is 0.122. The van der Waals surface area contributed by atoms with Crippen molar-refractivity contribution in [1.82, 2.24) is 13.9 Å². The highest BCUT2D eigenvalue weighted by atomic mass is 79.9. The molecule has 3 aliphatic carbocycles. The van der Waals surface area contributed by atoms with Crippen molar-refractivity contribution in [3.8, 4) is 0 Å². The van der Waals surface area contributed by atoms with E-state index in [-0.39, 0.29) is 34.3 Å². The van der Waals surface area contributed by atoms with Gasteiger partial charge in [0.2, 0.25) is 0 Å². The van der Waals surface area contributed by atoms with Gasteiger partial charge in [0, 0.05) is 22.7 Å². The highest BCUT2D eigenvalue weighted by Gasteiger charge is 2.85. The number of hydrogen-bond acceptors (Lipinski definition) is 2. The molecule has 3 heterocycles. The minimum atomic E-state index is -0.175. The Kier molecular flexibility index (Phi) is 1.53. The van der Waals surface area contributed by atoms with Gasteiger partial charge in [-0.15, -0.1) is 0 Å². The molecule has 1 aromatic rings. The zero-order chi connectivity index (χ0) is 13.2. The maximum absolute atomic E-state index is 12.3. The summed E-state index contributed by atoms with van der Waals surface area (Å²) >= 11 is 3.85. The van der Waals surface area contributed by atoms with Gasteiger partial charge in [-0.25, -0.2) is 23.5 Å². The predicted octanol–water partition coefficient (Wildman–Crippen LogP) is 0.948. The van der Waals surface area contributed by atoms with Crippen LogP contribution < -0.4 is 11.4 Å². The molecule has 4 unspecified atom stereocenters. The number of rotatable bonds is 0. The standard InChI is InChI=1S/C13H14BrN3O2/c1-15-10(18)16-7-3-4-8(17(16)11(15)19)13-6-2-5-12(7,13)9(13)14/h3-4,7-9H,2,5-6H2,1H3. The number of allylic oxidation sites excluding steroid dienone is 2. The topological polar surface area (TPSA) is 48.9 Å². The van der Waals surface area contributed by atoms with Gasteiger partial charge in [0.1, 0.15) is 0 Å². The van der Waals surface area contributed by atoms with Gasteiger partial charge in [-0.1, -0.05) is 34.5 Å². The maximum Gasteiger partial charge on any atom is 0.347 e. The lowest BCUT2D eigenvalue weighted by Gasteiger charge is -2.41. The molecule has 0 spiro atoms. The normalized spacial score (nSPS) is 48.0. The first-order chi connectivity index (χ1) is 9.07. The van der Waals surface area contributed by atoms with Gasteiger partial charge in [0.25, 0.3) is 0 Å². The lowest BCUT2D eigenvalue weighted by atomic mass is 9.77. The number of nitrogens with zero attached hydrogens (tertiary/aromatic N) is 3. The molecule has 5 nitrogen and oxygen atoms in total. The molecule has 0 N–H and O–H groups in total. The summed E-state index contributed by atoms with van der Waals surface area (Å²) in [6.45, 7) is 0. The van der Waals surface area contributed by atoms with E-state index >= 15 is 0 Å². The van der Waals surface area contributed by atoms with Crippen LogP contribution in [0.15, 0.2) is 21.7 Å². The van der Waals surface area contributed by atoms with Crippen LogP contribution in [0.5, 0.6) is 0 Å². The van der Waals surface area contributed by atoms with Crippen molar-refractivity contribution in [3.63, 3.8) is 0 Å². The highest BCUT2D eigenvalue weighted by Crippen LogP contribution is 2.86. The van der Waals surface area contributed by atoms with Gasteiger partial charge in [0.05, 0.1) is 12.1 Å². The van der Waals surface area contributed by atoms with Crippen LogP contribution in [0.1, 0.15) is 31.3 Å². The first-order valence-electron chi connectivity index (χ1n) is 6.80. The Morgan fingerprint density at radius 2 is 1.58 bits per heavy atom. The van der Waals surface area contributed by atoms with E-state index in [0.717, 1.165) is 12.8 Å². The molecule has 2 saturated carbocycles. The largest absolute Gasteiger partial charge is 0.347 e. The van der Waals surface area contributed by atoms with Crippen molar-refractivity contribution in [2.24, 2.45) is 17.9 Å². The number of hydrogen-bond donors (Lipinski definition) is 0. The van der Waals surface area contributed by atoms with Gasteiger partial charge in [-0.05, 0) is 12.8 Å². The van der Waals surface area contributed by atoms with E-state index in [2.05, 4.69) is 28.1 Å². The van der Waals surface area contributed by atoms with E-state index < -0.39 is 0 Å². The third kappa shape index (κ3) is 0.754. The summed E-state index contributed by atoms with van der Waals surface area (Å²) in [7, 11) is 1.57. The Balaban J connectivity index is 1.92. The molecule has 6 rings (SSSR count). The molecule has 100 valence electrons. The van der Waals surface area contributed by atoms with Crippen LogP contribution in [0.4, 0.5) is 0 Å². The Morgan fingerprint density at radius 1 is 1.11 bits per heavy atom. The Morgan fingerprint density at radius 3 is 2.05 bits per heavy atom. The van der Waals surface area contributed by atoms with Crippen LogP contribution in [-0.4, -0.2) is 18.8 Å². The van der Waals surface area contributed by atoms with Crippen LogP contribution in [-0.2, 0) is 7.05 Å². The third-order valence-corrected chi connectivity index (χ3v) is 7.76. The van der Waals surface area contributed by atoms with Gasteiger partial charge < -0.3 is 0 Å². The Labute approximate surface area is 117 Å². The molecule has 0 aromatic carbocycles. The summed E-state index contributed by atoms with van der Waals surface area (Å²) in [5, 5.41) is 0. The van der Waals surface area contributed by atoms with E-state index in [1.54, 1.807) is 16.4 Å². The summed E-state index contributed by atoms with van der Waals surface area (Å²) in [6, 6.07) is 0.0940. The zero-order valence-electron chi connectivity index (χ0n) is 10.5. The van der Waals surface area contributed by atoms with E-state index in [9.17, 15) is 9.59 Å². The van der Waals surface area contributed by atoms with Crippen LogP contribution in [0, 0.1) is 10.8 Å². The van der Waals surface area contributed by atoms with Crippen molar-refractivity contribution >= 4 is 15.9 Å². The van der Waals surface area contributed by atoms with E-state index in [1.807, 2.05) is 0 Å². The lowest BCUT2D eigenvalue weighted by Crippen LogP contribution is -2.47. The van der Waals surface area contributed by atoms with Crippen molar-refractivity contribution in [2.45, 2.75) is 36.2 Å². The van der Waals surface area contributed by atoms with Gasteiger partial charge in [-0.2, -0.15) is 0 Å². The highest BCUT2D eigenvalue weighted by molar-refractivity contribution is 9.09. The fourth-order valence-electron chi connectivity index (χ4n) is 5.37. The summed E-state index contributed by atoms with van der Waals surface area (Å²) in [6.07, 6.45) is 7.82. The molecule has 19 heavy (non-hydrogen) atoms. The molecule has 4 atom stereocenters. The molecule has 1 aromatic heterocycles. The van der Waals surface area contributed by atoms with Gasteiger partial charge >= 0.3 is 11.4 Å². The second-order valence-electron chi connectivity index (χ2n) is 6.38. The molecule has 0 saturated heterocycles. The average molecular weight is 324 g/mol. The molecular formula is C13H14BrN3O2. The SMILES string of the molecule is Cn1c(=O)n2n(c1=O)C1C=CC2C23CCCC12C3Br. The molecule has 2 bridgehead atoms. The molecule has 5 aliphatic rings. The minimum absolute atomic E-state index is 0.0470. The summed E-state index contributed by atoms with van der Waals surface area (Å²) in [4.78, 5) is 25.1. The van der Waals surface area contributed by atoms with Gasteiger partial charge in [-0.3, -0.25) is 0 Å². The molecular weight excluding hydrogens is 310 g/mol. The fourth-order valence-corrected chi connectivity index (χ4v) is 7.09. The molecule has 2 aliphatic heterocycles. The van der Waals surface area contributed by atoms with Crippen molar-refractivity contribution in [3.05, 3.63) is 33.1 Å². The molecule has 6 heteroatoms. The van der Waals surface area contributed by atoms with Gasteiger partial charge in [0.15, 0.2) is 0 Å². The monoisotopic (exact) mass is 323 g/mol. The Hall–Kier alpha value is -1.04. The smallest absolute Gasteiger partial charge is 0.246 e. The fraction of sp³-hybridized carbons (Fsp3) is 0.692. The van der Waals surface area contributed by atoms with E-state index in [1.165, 1.54) is 11.0 Å². The second kappa shape index (κ2) is 2.71. The number of alkyl halides is 1. The molecule has 0 amide bonds. The molecule has 0 radical (unpaired) electrons. The predicted molar refractivity (Wildman–Crippen MR) is 72.6 cm³/mol. The van der Waals surface area contributed by atoms with Crippen LogP contribution in [0.25, 0.3) is 0 Å². The first kappa shape index (κ1) is 10.7. The number of halogens is 1. The maximum atomic E-state index is 12.3. The summed E-state index contributed by atoms with van der Waals surface area (Å²) < 4.78 is 4.65. The molecule has 2 fully saturated rings. The minimum Gasteiger partial charge on any atom is -0.246 e. The third-order valence-electron chi connectivity index (χ3n) is 6.12. The second-order valence-corrected chi connectivity index (χ2v) is 7.30. The average Bonchev–Trinajstić information content (AvgIpc) is 2.75. The first-order valence-corrected chi connectivity index (χ1v) is 7.71. The van der Waals surface area contributed by atoms with E-state index in [0.29, 0.717) is 4.83 Å². The van der Waals surface area contributed by atoms with Crippen molar-refractivity contribution in [1.29, 1.82) is 0 Å². The van der Waals surface area contributed by atoms with Crippen LogP contribution >= 0.6 is 15.9 Å². The van der Waals surface area contributed by atoms with E-state index in [4.69, 9.17) is 0 Å². The van der Waals surface area contributed by atoms with Crippen molar-refractivity contribution < 1.29 is 0 Å². The quantitative estimate of drug-likeness (QED) is 0.527. The van der Waals surface area contributed by atoms with Crippen LogP contribution in [0.3, 0.4) is 0 Å². The summed E-state index contributed by atoms with van der Waals surface area (Å²) in [5.41, 5.74) is -0.00898. The van der Waals surface area contributed by atoms with Crippen molar-refractivity contribution in [2.75, 3.05) is 0 Å². The number of aromatic nitrogens is 3. The summed E-state index contributed by atoms with van der Waals surface area (Å²) in [5.74, 6) is 0. The zero-order valence-corrected chi connectivity index (χ0v) is 12.1. The van der Waals surface area contributed by atoms with Crippen LogP contribution in [0.2, 0.25) is 0 Å².